The molecule has 21 heavy (non-hydrogen) atoms. The van der Waals surface area contributed by atoms with Crippen molar-refractivity contribution in [2.24, 2.45) is 5.92 Å². The minimum Gasteiger partial charge on any atom is -0.481 e. The first-order valence-electron chi connectivity index (χ1n) is 6.71. The van der Waals surface area contributed by atoms with Gasteiger partial charge in [-0.05, 0) is 25.5 Å². The summed E-state index contributed by atoms with van der Waals surface area (Å²) in [5.41, 5.74) is 0.879. The molecule has 0 radical (unpaired) electrons. The Kier molecular flexibility index (Phi) is 3.25. The Hall–Kier alpha value is -2.57. The van der Waals surface area contributed by atoms with Gasteiger partial charge in [0.2, 0.25) is 0 Å². The number of aromatic amines is 1. The van der Waals surface area contributed by atoms with Crippen molar-refractivity contribution in [3.05, 3.63) is 30.2 Å². The normalized spacial score (nSPS) is 21.7. The number of furan rings is 1. The van der Waals surface area contributed by atoms with E-state index in [1.165, 1.54) is 6.26 Å². The van der Waals surface area contributed by atoms with Crippen molar-refractivity contribution in [2.75, 3.05) is 6.54 Å². The summed E-state index contributed by atoms with van der Waals surface area (Å²) in [6.07, 6.45) is 2.01. The number of rotatable bonds is 3. The lowest BCUT2D eigenvalue weighted by molar-refractivity contribution is -0.142. The van der Waals surface area contributed by atoms with Crippen LogP contribution in [0.1, 0.15) is 23.8 Å². The smallest absolute Gasteiger partial charge is 0.308 e. The molecule has 2 aromatic rings. The second-order valence-electron chi connectivity index (χ2n) is 5.12. The van der Waals surface area contributed by atoms with Crippen LogP contribution in [0.25, 0.3) is 11.5 Å². The highest BCUT2D eigenvalue weighted by atomic mass is 16.4. The monoisotopic (exact) mass is 289 g/mol. The first-order valence-corrected chi connectivity index (χ1v) is 6.71. The number of carboxylic acids is 1. The molecule has 7 heteroatoms. The number of nitrogens with one attached hydrogen (secondary N) is 1. The van der Waals surface area contributed by atoms with E-state index >= 15 is 0 Å². The van der Waals surface area contributed by atoms with Gasteiger partial charge in [-0.3, -0.25) is 14.7 Å². The van der Waals surface area contributed by atoms with Crippen LogP contribution in [0.15, 0.2) is 28.9 Å². The van der Waals surface area contributed by atoms with Gasteiger partial charge in [-0.1, -0.05) is 0 Å². The molecule has 1 saturated heterocycles. The van der Waals surface area contributed by atoms with Crippen LogP contribution in [-0.2, 0) is 4.79 Å². The molecule has 110 valence electrons. The summed E-state index contributed by atoms with van der Waals surface area (Å²) in [5.74, 6) is -1.05. The maximum absolute atomic E-state index is 12.4. The number of hydrogen-bond donors (Lipinski definition) is 2. The highest BCUT2D eigenvalue weighted by Crippen LogP contribution is 2.26. The quantitative estimate of drug-likeness (QED) is 0.894. The Labute approximate surface area is 120 Å². The molecular formula is C14H15N3O4. The molecule has 1 aliphatic rings. The van der Waals surface area contributed by atoms with E-state index in [4.69, 9.17) is 9.52 Å². The predicted octanol–water partition coefficient (Wildman–Crippen LogP) is 1.60. The third-order valence-corrected chi connectivity index (χ3v) is 3.92. The number of likely N-dealkylation sites (tertiary alicyclic amines) is 1. The Morgan fingerprint density at radius 1 is 1.52 bits per heavy atom. The van der Waals surface area contributed by atoms with E-state index in [0.29, 0.717) is 24.4 Å². The van der Waals surface area contributed by atoms with Crippen LogP contribution in [0.5, 0.6) is 0 Å². The van der Waals surface area contributed by atoms with Gasteiger partial charge in [0.15, 0.2) is 11.5 Å². The van der Waals surface area contributed by atoms with E-state index in [0.717, 1.165) is 0 Å². The molecule has 3 heterocycles. The number of aromatic nitrogens is 2. The largest absolute Gasteiger partial charge is 0.481 e. The van der Waals surface area contributed by atoms with Crippen LogP contribution < -0.4 is 0 Å². The van der Waals surface area contributed by atoms with Gasteiger partial charge >= 0.3 is 5.97 Å². The third kappa shape index (κ3) is 2.31. The predicted molar refractivity (Wildman–Crippen MR) is 72.5 cm³/mol. The van der Waals surface area contributed by atoms with Gasteiger partial charge in [-0.25, -0.2) is 0 Å². The van der Waals surface area contributed by atoms with E-state index in [1.807, 2.05) is 0 Å². The van der Waals surface area contributed by atoms with Crippen LogP contribution in [0.4, 0.5) is 0 Å². The minimum atomic E-state index is -0.865. The highest BCUT2D eigenvalue weighted by Gasteiger charge is 2.39. The Morgan fingerprint density at radius 3 is 2.95 bits per heavy atom. The van der Waals surface area contributed by atoms with Crippen LogP contribution in [-0.4, -0.2) is 44.7 Å². The van der Waals surface area contributed by atoms with E-state index < -0.39 is 11.9 Å². The fourth-order valence-electron chi connectivity index (χ4n) is 2.69. The van der Waals surface area contributed by atoms with E-state index in [1.54, 1.807) is 30.0 Å². The van der Waals surface area contributed by atoms with Crippen molar-refractivity contribution in [1.82, 2.24) is 15.1 Å². The van der Waals surface area contributed by atoms with Crippen molar-refractivity contribution in [1.29, 1.82) is 0 Å². The second-order valence-corrected chi connectivity index (χ2v) is 5.12. The first-order chi connectivity index (χ1) is 10.1. The van der Waals surface area contributed by atoms with Crippen molar-refractivity contribution in [3.8, 4) is 11.5 Å². The summed E-state index contributed by atoms with van der Waals surface area (Å²) in [6, 6.07) is 4.79. The molecule has 0 bridgehead atoms. The molecule has 2 N–H and O–H groups in total. The lowest BCUT2D eigenvalue weighted by Crippen LogP contribution is -2.37. The van der Waals surface area contributed by atoms with Crippen molar-refractivity contribution in [3.63, 3.8) is 0 Å². The maximum Gasteiger partial charge on any atom is 0.308 e. The van der Waals surface area contributed by atoms with Crippen molar-refractivity contribution in [2.45, 2.75) is 19.4 Å². The zero-order chi connectivity index (χ0) is 15.0. The number of nitrogens with zero attached hydrogens (tertiary/aromatic N) is 2. The summed E-state index contributed by atoms with van der Waals surface area (Å²) in [6.45, 7) is 2.18. The Bertz CT molecular complexity index is 662. The molecule has 1 aliphatic heterocycles. The summed E-state index contributed by atoms with van der Waals surface area (Å²) in [7, 11) is 0. The van der Waals surface area contributed by atoms with Crippen LogP contribution >= 0.6 is 0 Å². The highest BCUT2D eigenvalue weighted by molar-refractivity contribution is 5.94. The fourth-order valence-corrected chi connectivity index (χ4v) is 2.69. The molecule has 2 aromatic heterocycles. The zero-order valence-electron chi connectivity index (χ0n) is 11.4. The Morgan fingerprint density at radius 2 is 2.33 bits per heavy atom. The Balaban J connectivity index is 1.79. The summed E-state index contributed by atoms with van der Waals surface area (Å²) < 4.78 is 5.23. The van der Waals surface area contributed by atoms with Gasteiger partial charge in [0.05, 0.1) is 12.2 Å². The zero-order valence-corrected chi connectivity index (χ0v) is 11.4. The molecule has 2 unspecified atom stereocenters. The molecule has 1 amide bonds. The average molecular weight is 289 g/mol. The van der Waals surface area contributed by atoms with Gasteiger partial charge < -0.3 is 14.4 Å². The molecule has 3 rings (SSSR count). The number of carbonyl (C=O) groups excluding carboxylic acids is 1. The standard InChI is InChI=1S/C14H15N3O4/c1-8-9(14(19)20)4-5-17(8)13(18)11-7-10(15-16-11)12-3-2-6-21-12/h2-3,6-9H,4-5H2,1H3,(H,15,16)(H,19,20). The summed E-state index contributed by atoms with van der Waals surface area (Å²) in [4.78, 5) is 25.1. The van der Waals surface area contributed by atoms with Gasteiger partial charge in [0, 0.05) is 18.7 Å². The van der Waals surface area contributed by atoms with Crippen molar-refractivity contribution >= 4 is 11.9 Å². The molecule has 0 aliphatic carbocycles. The van der Waals surface area contributed by atoms with Crippen molar-refractivity contribution < 1.29 is 19.1 Å². The van der Waals surface area contributed by atoms with Crippen LogP contribution in [0.3, 0.4) is 0 Å². The second kappa shape index (κ2) is 5.08. The van der Waals surface area contributed by atoms with Crippen LogP contribution in [0.2, 0.25) is 0 Å². The van der Waals surface area contributed by atoms with Gasteiger partial charge in [-0.15, -0.1) is 0 Å². The molecule has 2 atom stereocenters. The molecule has 1 fully saturated rings. The SMILES string of the molecule is CC1C(C(=O)O)CCN1C(=O)c1cc(-c2ccco2)[nH]n1. The molecule has 0 spiro atoms. The minimum absolute atomic E-state index is 0.263. The summed E-state index contributed by atoms with van der Waals surface area (Å²) >= 11 is 0. The van der Waals surface area contributed by atoms with E-state index in [-0.39, 0.29) is 17.6 Å². The van der Waals surface area contributed by atoms with Gasteiger partial charge in [0.25, 0.3) is 5.91 Å². The lowest BCUT2D eigenvalue weighted by atomic mass is 10.0. The first kappa shape index (κ1) is 13.4. The number of amides is 1. The molecule has 0 saturated carbocycles. The summed E-state index contributed by atoms with van der Waals surface area (Å²) in [5, 5.41) is 15.9. The number of aliphatic carboxylic acids is 1. The van der Waals surface area contributed by atoms with E-state index in [9.17, 15) is 9.59 Å². The topological polar surface area (TPSA) is 99.4 Å². The molecule has 7 nitrogen and oxygen atoms in total. The number of hydrogen-bond acceptors (Lipinski definition) is 4. The molecule has 0 aromatic carbocycles. The number of carboxylic acid groups (broad SMARTS) is 1. The fraction of sp³-hybridized carbons (Fsp3) is 0.357. The maximum atomic E-state index is 12.4. The lowest BCUT2D eigenvalue weighted by Gasteiger charge is -2.22. The average Bonchev–Trinajstić information content (AvgIpc) is 3.18. The third-order valence-electron chi connectivity index (χ3n) is 3.92. The van der Waals surface area contributed by atoms with E-state index in [2.05, 4.69) is 10.2 Å². The number of H-pyrrole nitrogens is 1. The van der Waals surface area contributed by atoms with Gasteiger partial charge in [0.1, 0.15) is 5.69 Å². The van der Waals surface area contributed by atoms with Gasteiger partial charge in [-0.2, -0.15) is 5.10 Å². The number of carbonyl (C=O) groups is 2. The van der Waals surface area contributed by atoms with Crippen LogP contribution in [0, 0.1) is 5.92 Å². The molecular weight excluding hydrogens is 274 g/mol.